The van der Waals surface area contributed by atoms with Crippen molar-refractivity contribution in [3.8, 4) is 0 Å². The van der Waals surface area contributed by atoms with Gasteiger partial charge in [-0.05, 0) is 17.5 Å². The Bertz CT molecular complexity index is 474. The van der Waals surface area contributed by atoms with Crippen LogP contribution < -0.4 is 5.73 Å². The largest absolute Gasteiger partial charge is 0.367 e. The highest BCUT2D eigenvalue weighted by atomic mass is 15.3. The number of aromatic nitrogens is 3. The lowest BCUT2D eigenvalue weighted by atomic mass is 9.77. The Hall–Kier alpha value is -1.84. The Labute approximate surface area is 81.2 Å². The van der Waals surface area contributed by atoms with Gasteiger partial charge in [0.2, 0.25) is 5.95 Å². The van der Waals surface area contributed by atoms with Crippen molar-refractivity contribution in [1.29, 1.82) is 0 Å². The zero-order valence-electron chi connectivity index (χ0n) is 7.57. The molecule has 0 radical (unpaired) electrons. The third-order valence-corrected chi connectivity index (χ3v) is 2.70. The molecule has 1 heterocycles. The van der Waals surface area contributed by atoms with Crippen molar-refractivity contribution in [2.75, 3.05) is 5.73 Å². The molecule has 1 unspecified atom stereocenters. The fourth-order valence-electron chi connectivity index (χ4n) is 1.95. The van der Waals surface area contributed by atoms with E-state index >= 15 is 0 Å². The van der Waals surface area contributed by atoms with Crippen molar-refractivity contribution in [2.24, 2.45) is 0 Å². The molecule has 1 aromatic carbocycles. The molecule has 0 bridgehead atoms. The third kappa shape index (κ3) is 0.937. The molecular weight excluding hydrogens is 176 g/mol. The van der Waals surface area contributed by atoms with Gasteiger partial charge in [0.25, 0.3) is 0 Å². The normalized spacial score (nSPS) is 18.7. The van der Waals surface area contributed by atoms with E-state index in [1.54, 1.807) is 0 Å². The quantitative estimate of drug-likeness (QED) is 0.700. The first-order chi connectivity index (χ1) is 6.84. The summed E-state index contributed by atoms with van der Waals surface area (Å²) in [6, 6.07) is 8.38. The summed E-state index contributed by atoms with van der Waals surface area (Å²) in [6.07, 6.45) is 1.03. The van der Waals surface area contributed by atoms with E-state index in [9.17, 15) is 0 Å². The number of nitrogen functional groups attached to an aromatic ring is 1. The molecule has 0 saturated heterocycles. The highest BCUT2D eigenvalue weighted by Gasteiger charge is 2.29. The Balaban J connectivity index is 1.99. The predicted octanol–water partition coefficient (Wildman–Crippen LogP) is 1.07. The number of nitrogens with one attached hydrogen (secondary N) is 1. The molecular formula is C10H10N4. The second-order valence-electron chi connectivity index (χ2n) is 3.53. The number of nitrogens with two attached hydrogens (primary N) is 1. The number of fused-ring (bicyclic) bond motifs is 1. The van der Waals surface area contributed by atoms with E-state index in [-0.39, 0.29) is 0 Å². The molecule has 0 aliphatic heterocycles. The van der Waals surface area contributed by atoms with Gasteiger partial charge in [0.15, 0.2) is 0 Å². The molecule has 3 N–H and O–H groups in total. The number of rotatable bonds is 1. The smallest absolute Gasteiger partial charge is 0.239 e. The molecule has 0 saturated carbocycles. The predicted molar refractivity (Wildman–Crippen MR) is 52.8 cm³/mol. The van der Waals surface area contributed by atoms with Crippen LogP contribution in [0.15, 0.2) is 24.3 Å². The van der Waals surface area contributed by atoms with Crippen LogP contribution in [0.5, 0.6) is 0 Å². The monoisotopic (exact) mass is 186 g/mol. The van der Waals surface area contributed by atoms with E-state index in [2.05, 4.69) is 33.4 Å². The van der Waals surface area contributed by atoms with Crippen LogP contribution in [0.1, 0.15) is 22.9 Å². The SMILES string of the molecule is Nc1n[nH]c(C2Cc3ccccc32)n1. The highest BCUT2D eigenvalue weighted by molar-refractivity contribution is 5.44. The standard InChI is InChI=1S/C10H10N4/c11-10-12-9(13-14-10)8-5-6-3-1-2-4-7(6)8/h1-4,8H,5H2,(H3,11,12,13,14). The molecule has 0 fully saturated rings. The van der Waals surface area contributed by atoms with E-state index in [0.29, 0.717) is 11.9 Å². The van der Waals surface area contributed by atoms with Gasteiger partial charge in [-0.2, -0.15) is 4.98 Å². The van der Waals surface area contributed by atoms with Crippen molar-refractivity contribution in [1.82, 2.24) is 15.2 Å². The lowest BCUT2D eigenvalue weighted by Gasteiger charge is -2.27. The Kier molecular flexibility index (Phi) is 1.39. The molecule has 1 aliphatic carbocycles. The number of hydrogen-bond acceptors (Lipinski definition) is 3. The number of anilines is 1. The van der Waals surface area contributed by atoms with Gasteiger partial charge in [-0.1, -0.05) is 24.3 Å². The summed E-state index contributed by atoms with van der Waals surface area (Å²) in [4.78, 5) is 4.14. The summed E-state index contributed by atoms with van der Waals surface area (Å²) in [7, 11) is 0. The average molecular weight is 186 g/mol. The van der Waals surface area contributed by atoms with Crippen LogP contribution in [0.2, 0.25) is 0 Å². The molecule has 3 rings (SSSR count). The molecule has 2 aromatic rings. The van der Waals surface area contributed by atoms with E-state index in [4.69, 9.17) is 5.73 Å². The van der Waals surface area contributed by atoms with Gasteiger partial charge in [0.05, 0.1) is 0 Å². The number of nitrogens with zero attached hydrogens (tertiary/aromatic N) is 2. The lowest BCUT2D eigenvalue weighted by Crippen LogP contribution is -2.19. The topological polar surface area (TPSA) is 67.6 Å². The van der Waals surface area contributed by atoms with Crippen molar-refractivity contribution in [3.05, 3.63) is 41.2 Å². The van der Waals surface area contributed by atoms with Crippen LogP contribution in [0.3, 0.4) is 0 Å². The van der Waals surface area contributed by atoms with Crippen molar-refractivity contribution in [3.63, 3.8) is 0 Å². The van der Waals surface area contributed by atoms with Gasteiger partial charge in [-0.15, -0.1) is 5.10 Å². The van der Waals surface area contributed by atoms with E-state index < -0.39 is 0 Å². The zero-order valence-corrected chi connectivity index (χ0v) is 7.57. The molecule has 4 heteroatoms. The Morgan fingerprint density at radius 1 is 1.36 bits per heavy atom. The third-order valence-electron chi connectivity index (χ3n) is 2.70. The minimum absolute atomic E-state index is 0.324. The number of benzene rings is 1. The first-order valence-electron chi connectivity index (χ1n) is 4.60. The van der Waals surface area contributed by atoms with E-state index in [0.717, 1.165) is 12.2 Å². The van der Waals surface area contributed by atoms with Crippen molar-refractivity contribution in [2.45, 2.75) is 12.3 Å². The summed E-state index contributed by atoms with van der Waals surface area (Å²) < 4.78 is 0. The minimum atomic E-state index is 0.324. The van der Waals surface area contributed by atoms with Gasteiger partial charge < -0.3 is 5.73 Å². The fraction of sp³-hybridized carbons (Fsp3) is 0.200. The van der Waals surface area contributed by atoms with Gasteiger partial charge in [0, 0.05) is 5.92 Å². The molecule has 70 valence electrons. The van der Waals surface area contributed by atoms with Gasteiger partial charge in [-0.3, -0.25) is 5.10 Å². The van der Waals surface area contributed by atoms with Crippen LogP contribution in [-0.4, -0.2) is 15.2 Å². The van der Waals surface area contributed by atoms with Crippen molar-refractivity contribution < 1.29 is 0 Å². The van der Waals surface area contributed by atoms with E-state index in [1.165, 1.54) is 11.1 Å². The molecule has 0 amide bonds. The molecule has 0 spiro atoms. The lowest BCUT2D eigenvalue weighted by molar-refractivity contribution is 0.663. The second kappa shape index (κ2) is 2.57. The van der Waals surface area contributed by atoms with E-state index in [1.807, 2.05) is 6.07 Å². The Morgan fingerprint density at radius 2 is 2.21 bits per heavy atom. The summed E-state index contributed by atoms with van der Waals surface area (Å²) in [5.74, 6) is 1.56. The summed E-state index contributed by atoms with van der Waals surface area (Å²) in [5, 5.41) is 6.70. The zero-order chi connectivity index (χ0) is 9.54. The summed E-state index contributed by atoms with van der Waals surface area (Å²) in [6.45, 7) is 0. The van der Waals surface area contributed by atoms with Gasteiger partial charge >= 0.3 is 0 Å². The van der Waals surface area contributed by atoms with Gasteiger partial charge in [0.1, 0.15) is 5.82 Å². The number of H-pyrrole nitrogens is 1. The highest BCUT2D eigenvalue weighted by Crippen LogP contribution is 2.38. The van der Waals surface area contributed by atoms with Gasteiger partial charge in [-0.25, -0.2) is 0 Å². The first-order valence-corrected chi connectivity index (χ1v) is 4.60. The molecule has 1 atom stereocenters. The van der Waals surface area contributed by atoms with Crippen LogP contribution in [0.4, 0.5) is 5.95 Å². The van der Waals surface area contributed by atoms with Crippen LogP contribution in [-0.2, 0) is 6.42 Å². The number of hydrogen-bond donors (Lipinski definition) is 2. The maximum atomic E-state index is 5.46. The first kappa shape index (κ1) is 7.55. The molecule has 1 aromatic heterocycles. The number of aromatic amines is 1. The van der Waals surface area contributed by atoms with Crippen molar-refractivity contribution >= 4 is 5.95 Å². The minimum Gasteiger partial charge on any atom is -0.367 e. The van der Waals surface area contributed by atoms with Crippen LogP contribution >= 0.6 is 0 Å². The summed E-state index contributed by atoms with van der Waals surface area (Å²) >= 11 is 0. The maximum Gasteiger partial charge on any atom is 0.239 e. The maximum absolute atomic E-state index is 5.46. The molecule has 1 aliphatic rings. The summed E-state index contributed by atoms with van der Waals surface area (Å²) in [5.41, 5.74) is 8.19. The van der Waals surface area contributed by atoms with Crippen LogP contribution in [0.25, 0.3) is 0 Å². The Morgan fingerprint density at radius 3 is 2.93 bits per heavy atom. The average Bonchev–Trinajstić information content (AvgIpc) is 2.54. The molecule has 14 heavy (non-hydrogen) atoms. The molecule has 4 nitrogen and oxygen atoms in total. The van der Waals surface area contributed by atoms with Crippen LogP contribution in [0, 0.1) is 0 Å². The fourth-order valence-corrected chi connectivity index (χ4v) is 1.95. The second-order valence-corrected chi connectivity index (χ2v) is 3.53.